The lowest BCUT2D eigenvalue weighted by Crippen LogP contribution is -1.76. The molecule has 0 radical (unpaired) electrons. The number of aliphatic hydroxyl groups is 2. The molecule has 0 aromatic heterocycles. The van der Waals surface area contributed by atoms with Crippen LogP contribution in [0.3, 0.4) is 0 Å². The van der Waals surface area contributed by atoms with E-state index in [-0.39, 0.29) is 11.5 Å². The number of carbonyl (C=O) groups is 1. The van der Waals surface area contributed by atoms with Crippen LogP contribution in [0.25, 0.3) is 0 Å². The van der Waals surface area contributed by atoms with Crippen molar-refractivity contribution >= 4 is 6.29 Å². The van der Waals surface area contributed by atoms with Crippen molar-refractivity contribution in [1.82, 2.24) is 0 Å². The first-order valence-corrected chi connectivity index (χ1v) is 3.05. The number of hydrogen-bond acceptors (Lipinski definition) is 3. The Labute approximate surface area is 65.0 Å². The standard InChI is InChI=1S/C8H10O3/c1-7(10)6-8(11)4-2-3-5-9/h2-6,10-11H,1H3/b3-2+,7-6+,8-4+. The normalized spacial score (nSPS) is 13.9. The van der Waals surface area contributed by atoms with Crippen LogP contribution >= 0.6 is 0 Å². The summed E-state index contributed by atoms with van der Waals surface area (Å²) >= 11 is 0. The summed E-state index contributed by atoms with van der Waals surface area (Å²) in [5, 5.41) is 17.5. The van der Waals surface area contributed by atoms with Crippen molar-refractivity contribution in [1.29, 1.82) is 0 Å². The van der Waals surface area contributed by atoms with E-state index in [1.54, 1.807) is 0 Å². The van der Waals surface area contributed by atoms with Crippen LogP contribution in [0.1, 0.15) is 6.92 Å². The molecule has 11 heavy (non-hydrogen) atoms. The monoisotopic (exact) mass is 154 g/mol. The molecule has 0 aromatic carbocycles. The highest BCUT2D eigenvalue weighted by molar-refractivity contribution is 5.65. The maximum Gasteiger partial charge on any atom is 0.142 e. The number of aliphatic hydroxyl groups excluding tert-OH is 2. The van der Waals surface area contributed by atoms with Gasteiger partial charge in [0.25, 0.3) is 0 Å². The second-order valence-electron chi connectivity index (χ2n) is 1.90. The molecule has 0 aromatic rings. The van der Waals surface area contributed by atoms with Crippen molar-refractivity contribution in [3.05, 3.63) is 35.8 Å². The average Bonchev–Trinajstić information content (AvgIpc) is 1.86. The molecular weight excluding hydrogens is 144 g/mol. The largest absolute Gasteiger partial charge is 0.512 e. The molecule has 0 bridgehead atoms. The molecule has 0 fully saturated rings. The Hall–Kier alpha value is -1.51. The molecule has 0 saturated heterocycles. The molecule has 0 unspecified atom stereocenters. The van der Waals surface area contributed by atoms with Crippen LogP contribution in [-0.4, -0.2) is 16.5 Å². The van der Waals surface area contributed by atoms with Gasteiger partial charge in [0.05, 0.1) is 5.76 Å². The van der Waals surface area contributed by atoms with Crippen molar-refractivity contribution < 1.29 is 15.0 Å². The summed E-state index contributed by atoms with van der Waals surface area (Å²) in [6.07, 6.45) is 5.68. The summed E-state index contributed by atoms with van der Waals surface area (Å²) in [6, 6.07) is 0. The van der Waals surface area contributed by atoms with Gasteiger partial charge in [-0.3, -0.25) is 4.79 Å². The fraction of sp³-hybridized carbons (Fsp3) is 0.125. The molecule has 0 amide bonds. The maximum atomic E-state index is 9.75. The smallest absolute Gasteiger partial charge is 0.142 e. The van der Waals surface area contributed by atoms with Crippen LogP contribution in [0.2, 0.25) is 0 Å². The van der Waals surface area contributed by atoms with Gasteiger partial charge in [0.1, 0.15) is 12.0 Å². The maximum absolute atomic E-state index is 9.75. The van der Waals surface area contributed by atoms with Gasteiger partial charge >= 0.3 is 0 Å². The number of carbonyl (C=O) groups excluding carboxylic acids is 1. The Balaban J connectivity index is 4.12. The SMILES string of the molecule is C\C(O)=C/C(O)=C\C=C\C=O. The van der Waals surface area contributed by atoms with E-state index in [1.807, 2.05) is 0 Å². The van der Waals surface area contributed by atoms with Crippen molar-refractivity contribution in [2.24, 2.45) is 0 Å². The molecule has 2 N–H and O–H groups in total. The zero-order chi connectivity index (χ0) is 8.69. The van der Waals surface area contributed by atoms with E-state index in [4.69, 9.17) is 10.2 Å². The van der Waals surface area contributed by atoms with E-state index >= 15 is 0 Å². The highest BCUT2D eigenvalue weighted by atomic mass is 16.3. The van der Waals surface area contributed by atoms with E-state index < -0.39 is 0 Å². The van der Waals surface area contributed by atoms with Gasteiger partial charge < -0.3 is 10.2 Å². The molecule has 0 aliphatic rings. The minimum absolute atomic E-state index is 0.0123. The van der Waals surface area contributed by atoms with Crippen molar-refractivity contribution in [3.63, 3.8) is 0 Å². The quantitative estimate of drug-likeness (QED) is 0.281. The Kier molecular flexibility index (Phi) is 4.56. The molecular formula is C8H10O3. The third kappa shape index (κ3) is 6.37. The van der Waals surface area contributed by atoms with Gasteiger partial charge in [0.2, 0.25) is 0 Å². The third-order valence-electron chi connectivity index (χ3n) is 0.813. The molecule has 3 nitrogen and oxygen atoms in total. The summed E-state index contributed by atoms with van der Waals surface area (Å²) in [4.78, 5) is 9.75. The van der Waals surface area contributed by atoms with Crippen LogP contribution in [0.15, 0.2) is 35.8 Å². The van der Waals surface area contributed by atoms with Crippen molar-refractivity contribution in [3.8, 4) is 0 Å². The van der Waals surface area contributed by atoms with Gasteiger partial charge in [-0.15, -0.1) is 0 Å². The van der Waals surface area contributed by atoms with Crippen LogP contribution in [0.5, 0.6) is 0 Å². The molecule has 0 rings (SSSR count). The number of aldehydes is 1. The van der Waals surface area contributed by atoms with Gasteiger partial charge in [-0.25, -0.2) is 0 Å². The van der Waals surface area contributed by atoms with Crippen LogP contribution in [0.4, 0.5) is 0 Å². The fourth-order valence-electron chi connectivity index (χ4n) is 0.462. The summed E-state index contributed by atoms with van der Waals surface area (Å²) in [7, 11) is 0. The van der Waals surface area contributed by atoms with Gasteiger partial charge in [-0.2, -0.15) is 0 Å². The molecule has 0 aliphatic carbocycles. The third-order valence-corrected chi connectivity index (χ3v) is 0.813. The van der Waals surface area contributed by atoms with Crippen molar-refractivity contribution in [2.45, 2.75) is 6.92 Å². The highest BCUT2D eigenvalue weighted by Crippen LogP contribution is 1.95. The van der Waals surface area contributed by atoms with Gasteiger partial charge in [-0.05, 0) is 19.1 Å². The molecule has 60 valence electrons. The lowest BCUT2D eigenvalue weighted by molar-refractivity contribution is -0.104. The van der Waals surface area contributed by atoms with E-state index in [2.05, 4.69) is 0 Å². The Morgan fingerprint density at radius 2 is 1.91 bits per heavy atom. The molecule has 0 aliphatic heterocycles. The summed E-state index contributed by atoms with van der Waals surface area (Å²) in [5.41, 5.74) is 0. The van der Waals surface area contributed by atoms with Gasteiger partial charge in [0.15, 0.2) is 0 Å². The van der Waals surface area contributed by atoms with Crippen molar-refractivity contribution in [2.75, 3.05) is 0 Å². The van der Waals surface area contributed by atoms with E-state index in [0.717, 1.165) is 0 Å². The minimum Gasteiger partial charge on any atom is -0.512 e. The molecule has 0 saturated carbocycles. The Bertz CT molecular complexity index is 207. The predicted octanol–water partition coefficient (Wildman–Crippen LogP) is 1.65. The fourth-order valence-corrected chi connectivity index (χ4v) is 0.462. The van der Waals surface area contributed by atoms with Gasteiger partial charge in [-0.1, -0.05) is 6.08 Å². The van der Waals surface area contributed by atoms with Crippen LogP contribution < -0.4 is 0 Å². The summed E-state index contributed by atoms with van der Waals surface area (Å²) in [6.45, 7) is 1.44. The van der Waals surface area contributed by atoms with Gasteiger partial charge in [0, 0.05) is 6.08 Å². The second-order valence-corrected chi connectivity index (χ2v) is 1.90. The molecule has 0 atom stereocenters. The molecule has 0 spiro atoms. The molecule has 0 heterocycles. The van der Waals surface area contributed by atoms with E-state index in [1.165, 1.54) is 31.2 Å². The molecule has 3 heteroatoms. The lowest BCUT2D eigenvalue weighted by Gasteiger charge is -1.88. The average molecular weight is 154 g/mol. The predicted molar refractivity (Wildman–Crippen MR) is 42.3 cm³/mol. The summed E-state index contributed by atoms with van der Waals surface area (Å²) < 4.78 is 0. The first kappa shape index (κ1) is 9.49. The van der Waals surface area contributed by atoms with Crippen LogP contribution in [-0.2, 0) is 4.79 Å². The zero-order valence-electron chi connectivity index (χ0n) is 6.19. The first-order chi connectivity index (χ1) is 5.16. The zero-order valence-corrected chi connectivity index (χ0v) is 6.19. The lowest BCUT2D eigenvalue weighted by atomic mass is 10.3. The topological polar surface area (TPSA) is 57.5 Å². The van der Waals surface area contributed by atoms with Crippen LogP contribution in [0, 0.1) is 0 Å². The van der Waals surface area contributed by atoms with E-state index in [9.17, 15) is 4.79 Å². The number of hydrogen-bond donors (Lipinski definition) is 2. The highest BCUT2D eigenvalue weighted by Gasteiger charge is 1.84. The minimum atomic E-state index is -0.0944. The Morgan fingerprint density at radius 3 is 2.36 bits per heavy atom. The summed E-state index contributed by atoms with van der Waals surface area (Å²) in [5.74, 6) is -0.0821. The van der Waals surface area contributed by atoms with E-state index in [0.29, 0.717) is 6.29 Å². The second kappa shape index (κ2) is 5.29. The first-order valence-electron chi connectivity index (χ1n) is 3.05. The number of rotatable bonds is 3. The Morgan fingerprint density at radius 1 is 1.27 bits per heavy atom. The number of allylic oxidation sites excluding steroid dienone is 5.